The van der Waals surface area contributed by atoms with Crippen molar-refractivity contribution in [3.05, 3.63) is 0 Å². The first-order valence-electron chi connectivity index (χ1n) is 5.98. The molecule has 2 N–H and O–H groups in total. The van der Waals surface area contributed by atoms with Crippen LogP contribution in [0.15, 0.2) is 0 Å². The molecule has 86 valence electrons. The summed E-state index contributed by atoms with van der Waals surface area (Å²) in [6, 6.07) is 0.220. The van der Waals surface area contributed by atoms with Crippen LogP contribution in [0.25, 0.3) is 0 Å². The Bertz CT molecular complexity index is 119. The quantitative estimate of drug-likeness (QED) is 0.655. The summed E-state index contributed by atoms with van der Waals surface area (Å²) in [4.78, 5) is 0. The first kappa shape index (κ1) is 13.9. The van der Waals surface area contributed by atoms with Crippen molar-refractivity contribution >= 4 is 0 Å². The van der Waals surface area contributed by atoms with Gasteiger partial charge in [-0.1, -0.05) is 27.2 Å². The van der Waals surface area contributed by atoms with E-state index in [2.05, 4.69) is 20.8 Å². The van der Waals surface area contributed by atoms with E-state index in [1.54, 1.807) is 0 Å². The minimum absolute atomic E-state index is 0.220. The van der Waals surface area contributed by atoms with Gasteiger partial charge in [-0.2, -0.15) is 0 Å². The molecule has 0 aliphatic heterocycles. The van der Waals surface area contributed by atoms with Crippen molar-refractivity contribution < 1.29 is 4.74 Å². The summed E-state index contributed by atoms with van der Waals surface area (Å²) in [5, 5.41) is 0. The normalized spacial score (nSPS) is 15.9. The topological polar surface area (TPSA) is 35.2 Å². The monoisotopic (exact) mass is 201 g/mol. The van der Waals surface area contributed by atoms with Crippen LogP contribution < -0.4 is 5.73 Å². The van der Waals surface area contributed by atoms with E-state index in [1.165, 1.54) is 6.42 Å². The molecule has 0 aliphatic carbocycles. The Labute approximate surface area is 89.2 Å². The maximum Gasteiger partial charge on any atom is 0.0725 e. The van der Waals surface area contributed by atoms with E-state index in [4.69, 9.17) is 10.5 Å². The lowest BCUT2D eigenvalue weighted by Crippen LogP contribution is -2.37. The molecule has 0 heterocycles. The molecule has 0 saturated heterocycles. The highest BCUT2D eigenvalue weighted by Crippen LogP contribution is 2.13. The van der Waals surface area contributed by atoms with Gasteiger partial charge < -0.3 is 10.5 Å². The zero-order chi connectivity index (χ0) is 11.0. The summed E-state index contributed by atoms with van der Waals surface area (Å²) in [5.74, 6) is 0.741. The van der Waals surface area contributed by atoms with Gasteiger partial charge in [0.05, 0.1) is 6.10 Å². The minimum Gasteiger partial charge on any atom is -0.377 e. The fourth-order valence-electron chi connectivity index (χ4n) is 1.63. The van der Waals surface area contributed by atoms with Crippen LogP contribution in [-0.2, 0) is 4.74 Å². The van der Waals surface area contributed by atoms with Crippen LogP contribution in [0, 0.1) is 5.92 Å². The van der Waals surface area contributed by atoms with Gasteiger partial charge in [-0.25, -0.2) is 0 Å². The van der Waals surface area contributed by atoms with Crippen LogP contribution in [0.2, 0.25) is 0 Å². The van der Waals surface area contributed by atoms with Crippen LogP contribution in [-0.4, -0.2) is 18.8 Å². The Kier molecular flexibility index (Phi) is 8.20. The molecule has 14 heavy (non-hydrogen) atoms. The molecule has 0 aromatic rings. The first-order chi connectivity index (χ1) is 6.61. The number of nitrogens with two attached hydrogens (primary N) is 1. The molecule has 2 atom stereocenters. The molecular formula is C12H27NO. The molecule has 0 spiro atoms. The molecule has 2 nitrogen and oxygen atoms in total. The maximum absolute atomic E-state index is 6.11. The van der Waals surface area contributed by atoms with Gasteiger partial charge in [-0.3, -0.25) is 0 Å². The minimum atomic E-state index is 0.220. The van der Waals surface area contributed by atoms with Gasteiger partial charge in [-0.15, -0.1) is 0 Å². The average Bonchev–Trinajstić information content (AvgIpc) is 2.14. The molecule has 0 bridgehead atoms. The summed E-state index contributed by atoms with van der Waals surface area (Å²) in [6.07, 6.45) is 4.80. The van der Waals surface area contributed by atoms with Crippen molar-refractivity contribution in [3.63, 3.8) is 0 Å². The summed E-state index contributed by atoms with van der Waals surface area (Å²) >= 11 is 0. The van der Waals surface area contributed by atoms with Gasteiger partial charge in [0, 0.05) is 12.6 Å². The van der Waals surface area contributed by atoms with Gasteiger partial charge in [0.25, 0.3) is 0 Å². The van der Waals surface area contributed by atoms with Crippen LogP contribution in [0.5, 0.6) is 0 Å². The van der Waals surface area contributed by atoms with Gasteiger partial charge in [0.15, 0.2) is 0 Å². The molecular weight excluding hydrogens is 174 g/mol. The van der Waals surface area contributed by atoms with Crippen molar-refractivity contribution in [1.29, 1.82) is 0 Å². The third-order valence-corrected chi connectivity index (χ3v) is 2.51. The van der Waals surface area contributed by atoms with Crippen LogP contribution in [0.1, 0.15) is 53.4 Å². The average molecular weight is 201 g/mol. The van der Waals surface area contributed by atoms with Crippen molar-refractivity contribution in [2.24, 2.45) is 11.7 Å². The Morgan fingerprint density at radius 3 is 2.14 bits per heavy atom. The van der Waals surface area contributed by atoms with Crippen LogP contribution in [0.3, 0.4) is 0 Å². The number of rotatable bonds is 8. The molecule has 2 unspecified atom stereocenters. The lowest BCUT2D eigenvalue weighted by molar-refractivity contribution is 0.0347. The predicted molar refractivity (Wildman–Crippen MR) is 62.4 cm³/mol. The molecule has 0 saturated carbocycles. The Morgan fingerprint density at radius 1 is 1.07 bits per heavy atom. The van der Waals surface area contributed by atoms with E-state index in [9.17, 15) is 0 Å². The van der Waals surface area contributed by atoms with Crippen LogP contribution in [0.4, 0.5) is 0 Å². The molecule has 0 aliphatic rings. The van der Waals surface area contributed by atoms with E-state index >= 15 is 0 Å². The number of hydrogen-bond acceptors (Lipinski definition) is 2. The van der Waals surface area contributed by atoms with Crippen molar-refractivity contribution in [1.82, 2.24) is 0 Å². The summed E-state index contributed by atoms with van der Waals surface area (Å²) in [6.45, 7) is 9.48. The Hall–Kier alpha value is -0.0800. The van der Waals surface area contributed by atoms with Gasteiger partial charge in [0.2, 0.25) is 0 Å². The third kappa shape index (κ3) is 6.39. The lowest BCUT2D eigenvalue weighted by Gasteiger charge is -2.24. The molecule has 0 aromatic heterocycles. The summed E-state index contributed by atoms with van der Waals surface area (Å²) in [7, 11) is 0. The van der Waals surface area contributed by atoms with Crippen molar-refractivity contribution in [2.75, 3.05) is 6.61 Å². The van der Waals surface area contributed by atoms with Crippen molar-refractivity contribution in [3.8, 4) is 0 Å². The fourth-order valence-corrected chi connectivity index (χ4v) is 1.63. The Balaban J connectivity index is 3.81. The molecule has 0 radical (unpaired) electrons. The lowest BCUT2D eigenvalue weighted by atomic mass is 9.98. The standard InChI is InChI=1S/C12H27NO/c1-5-7-12(14-6-2)11(13)9-8-10(3)4/h10-12H,5-9,13H2,1-4H3. The zero-order valence-electron chi connectivity index (χ0n) is 10.3. The SMILES string of the molecule is CCCC(OCC)C(N)CCC(C)C. The van der Waals surface area contributed by atoms with Gasteiger partial charge >= 0.3 is 0 Å². The largest absolute Gasteiger partial charge is 0.377 e. The second-order valence-corrected chi connectivity index (χ2v) is 4.42. The predicted octanol–water partition coefficient (Wildman–Crippen LogP) is 2.96. The molecule has 0 rings (SSSR count). The number of hydrogen-bond donors (Lipinski definition) is 1. The van der Waals surface area contributed by atoms with E-state index in [0.29, 0.717) is 0 Å². The maximum atomic E-state index is 6.11. The van der Waals surface area contributed by atoms with Crippen molar-refractivity contribution in [2.45, 2.75) is 65.5 Å². The molecule has 2 heteroatoms. The highest BCUT2D eigenvalue weighted by molar-refractivity contribution is 4.73. The summed E-state index contributed by atoms with van der Waals surface area (Å²) in [5.41, 5.74) is 6.11. The second kappa shape index (κ2) is 8.25. The zero-order valence-corrected chi connectivity index (χ0v) is 10.3. The van der Waals surface area contributed by atoms with E-state index in [1.807, 2.05) is 6.92 Å². The second-order valence-electron chi connectivity index (χ2n) is 4.42. The molecule has 0 aromatic carbocycles. The molecule has 0 fully saturated rings. The highest BCUT2D eigenvalue weighted by atomic mass is 16.5. The molecule has 0 amide bonds. The first-order valence-corrected chi connectivity index (χ1v) is 5.98. The highest BCUT2D eigenvalue weighted by Gasteiger charge is 2.16. The fraction of sp³-hybridized carbons (Fsp3) is 1.00. The summed E-state index contributed by atoms with van der Waals surface area (Å²) < 4.78 is 5.65. The van der Waals surface area contributed by atoms with Gasteiger partial charge in [-0.05, 0) is 32.1 Å². The van der Waals surface area contributed by atoms with E-state index < -0.39 is 0 Å². The van der Waals surface area contributed by atoms with Crippen LogP contribution >= 0.6 is 0 Å². The van der Waals surface area contributed by atoms with Gasteiger partial charge in [0.1, 0.15) is 0 Å². The Morgan fingerprint density at radius 2 is 1.71 bits per heavy atom. The third-order valence-electron chi connectivity index (χ3n) is 2.51. The van der Waals surface area contributed by atoms with E-state index in [0.717, 1.165) is 31.8 Å². The number of ether oxygens (including phenoxy) is 1. The smallest absolute Gasteiger partial charge is 0.0725 e. The van der Waals surface area contributed by atoms with E-state index in [-0.39, 0.29) is 12.1 Å².